The van der Waals surface area contributed by atoms with Crippen LogP contribution in [0.2, 0.25) is 0 Å². The Morgan fingerprint density at radius 2 is 1.58 bits per heavy atom. The van der Waals surface area contributed by atoms with Crippen LogP contribution in [0.1, 0.15) is 93.5 Å². The molecular formula is C32H41BrN2O. The van der Waals surface area contributed by atoms with E-state index in [9.17, 15) is 0 Å². The number of aromatic nitrogens is 1. The molecule has 2 heterocycles. The van der Waals surface area contributed by atoms with Crippen LogP contribution in [0.5, 0.6) is 5.75 Å². The van der Waals surface area contributed by atoms with Gasteiger partial charge in [-0.25, -0.2) is 4.98 Å². The van der Waals surface area contributed by atoms with Gasteiger partial charge in [-0.05, 0) is 98.6 Å². The van der Waals surface area contributed by atoms with Crippen molar-refractivity contribution in [1.29, 1.82) is 0 Å². The lowest BCUT2D eigenvalue weighted by molar-refractivity contribution is 0.225. The summed E-state index contributed by atoms with van der Waals surface area (Å²) in [6.07, 6.45) is 5.19. The molecule has 0 spiro atoms. The first-order chi connectivity index (χ1) is 17.2. The molecule has 1 aliphatic heterocycles. The molecule has 36 heavy (non-hydrogen) atoms. The molecule has 192 valence electrons. The summed E-state index contributed by atoms with van der Waals surface area (Å²) in [5, 5.41) is 0. The van der Waals surface area contributed by atoms with Gasteiger partial charge in [0.25, 0.3) is 0 Å². The van der Waals surface area contributed by atoms with E-state index in [4.69, 9.17) is 4.74 Å². The van der Waals surface area contributed by atoms with Crippen molar-refractivity contribution in [2.24, 2.45) is 0 Å². The molecular weight excluding hydrogens is 508 g/mol. The van der Waals surface area contributed by atoms with Gasteiger partial charge in [-0.15, -0.1) is 0 Å². The number of benzene rings is 2. The third kappa shape index (κ3) is 6.32. The van der Waals surface area contributed by atoms with E-state index in [1.165, 1.54) is 16.7 Å². The molecule has 3 aromatic rings. The molecule has 0 N–H and O–H groups in total. The first-order valence-electron chi connectivity index (χ1n) is 13.5. The SMILES string of the molecule is CC(C)c1ccc(CCc2ccc(O[C@H]3CCN(c4ccc(Br)cn4)C3)cc2)c(C(C)C)c1C(C)C. The molecule has 3 nitrogen and oxygen atoms in total. The maximum Gasteiger partial charge on any atom is 0.128 e. The van der Waals surface area contributed by atoms with Gasteiger partial charge in [-0.1, -0.05) is 65.8 Å². The van der Waals surface area contributed by atoms with Gasteiger partial charge in [0.15, 0.2) is 0 Å². The van der Waals surface area contributed by atoms with E-state index in [1.807, 2.05) is 12.3 Å². The fourth-order valence-electron chi connectivity index (χ4n) is 5.54. The van der Waals surface area contributed by atoms with Crippen LogP contribution >= 0.6 is 15.9 Å². The van der Waals surface area contributed by atoms with E-state index < -0.39 is 0 Å². The van der Waals surface area contributed by atoms with Crippen molar-refractivity contribution >= 4 is 21.7 Å². The number of nitrogens with zero attached hydrogens (tertiary/aromatic N) is 2. The predicted octanol–water partition coefficient (Wildman–Crippen LogP) is 8.66. The van der Waals surface area contributed by atoms with Crippen LogP contribution in [0.4, 0.5) is 5.82 Å². The second-order valence-corrected chi connectivity index (χ2v) is 12.0. The van der Waals surface area contributed by atoms with E-state index in [2.05, 4.69) is 110 Å². The van der Waals surface area contributed by atoms with Gasteiger partial charge in [-0.2, -0.15) is 0 Å². The molecule has 1 saturated heterocycles. The highest BCUT2D eigenvalue weighted by atomic mass is 79.9. The quantitative estimate of drug-likeness (QED) is 0.267. The zero-order chi connectivity index (χ0) is 25.8. The summed E-state index contributed by atoms with van der Waals surface area (Å²) in [5.41, 5.74) is 7.53. The number of halogens is 1. The van der Waals surface area contributed by atoms with Gasteiger partial charge >= 0.3 is 0 Å². The molecule has 4 heteroatoms. The molecule has 0 unspecified atom stereocenters. The van der Waals surface area contributed by atoms with Crippen molar-refractivity contribution in [3.63, 3.8) is 0 Å². The van der Waals surface area contributed by atoms with Crippen LogP contribution in [0, 0.1) is 0 Å². The maximum atomic E-state index is 6.32. The largest absolute Gasteiger partial charge is 0.489 e. The Hall–Kier alpha value is -2.33. The van der Waals surface area contributed by atoms with Gasteiger partial charge in [-0.3, -0.25) is 0 Å². The van der Waals surface area contributed by atoms with Crippen LogP contribution in [-0.2, 0) is 12.8 Å². The summed E-state index contributed by atoms with van der Waals surface area (Å²) in [5.74, 6) is 3.61. The highest BCUT2D eigenvalue weighted by molar-refractivity contribution is 9.10. The van der Waals surface area contributed by atoms with Crippen molar-refractivity contribution in [2.75, 3.05) is 18.0 Å². The molecule has 0 saturated carbocycles. The summed E-state index contributed by atoms with van der Waals surface area (Å²) >= 11 is 3.46. The monoisotopic (exact) mass is 548 g/mol. The minimum atomic E-state index is 0.198. The van der Waals surface area contributed by atoms with E-state index in [0.29, 0.717) is 17.8 Å². The Kier molecular flexibility index (Phi) is 8.77. The van der Waals surface area contributed by atoms with Gasteiger partial charge in [0, 0.05) is 23.6 Å². The number of pyridine rings is 1. The van der Waals surface area contributed by atoms with Crippen LogP contribution in [0.15, 0.2) is 59.2 Å². The van der Waals surface area contributed by atoms with Crippen molar-refractivity contribution in [3.05, 3.63) is 87.0 Å². The Bertz CT molecular complexity index is 1140. The Morgan fingerprint density at radius 1 is 0.861 bits per heavy atom. The molecule has 0 bridgehead atoms. The molecule has 0 aliphatic carbocycles. The number of anilines is 1. The minimum Gasteiger partial charge on any atom is -0.489 e. The average Bonchev–Trinajstić information content (AvgIpc) is 3.31. The molecule has 1 fully saturated rings. The highest BCUT2D eigenvalue weighted by Crippen LogP contribution is 2.36. The third-order valence-electron chi connectivity index (χ3n) is 7.28. The van der Waals surface area contributed by atoms with Crippen LogP contribution in [-0.4, -0.2) is 24.2 Å². The summed E-state index contributed by atoms with van der Waals surface area (Å²) in [7, 11) is 0. The van der Waals surface area contributed by atoms with Crippen molar-refractivity contribution in [3.8, 4) is 5.75 Å². The van der Waals surface area contributed by atoms with Crippen LogP contribution < -0.4 is 9.64 Å². The number of ether oxygens (including phenoxy) is 1. The number of hydrogen-bond acceptors (Lipinski definition) is 3. The van der Waals surface area contributed by atoms with Crippen molar-refractivity contribution < 1.29 is 4.74 Å². The highest BCUT2D eigenvalue weighted by Gasteiger charge is 2.25. The second-order valence-electron chi connectivity index (χ2n) is 11.1. The number of aryl methyl sites for hydroxylation is 2. The molecule has 2 aromatic carbocycles. The molecule has 0 amide bonds. The second kappa shape index (κ2) is 11.8. The summed E-state index contributed by atoms with van der Waals surface area (Å²) < 4.78 is 7.32. The lowest BCUT2D eigenvalue weighted by Gasteiger charge is -2.25. The van der Waals surface area contributed by atoms with Crippen LogP contribution in [0.25, 0.3) is 0 Å². The maximum absolute atomic E-state index is 6.32. The van der Waals surface area contributed by atoms with Gasteiger partial charge < -0.3 is 9.64 Å². The smallest absolute Gasteiger partial charge is 0.128 e. The van der Waals surface area contributed by atoms with Crippen molar-refractivity contribution in [1.82, 2.24) is 4.98 Å². The topological polar surface area (TPSA) is 25.4 Å². The minimum absolute atomic E-state index is 0.198. The normalized spacial score (nSPS) is 15.9. The summed E-state index contributed by atoms with van der Waals surface area (Å²) in [6, 6.07) is 17.6. The average molecular weight is 550 g/mol. The van der Waals surface area contributed by atoms with Gasteiger partial charge in [0.05, 0.1) is 6.54 Å². The molecule has 1 aliphatic rings. The third-order valence-corrected chi connectivity index (χ3v) is 7.75. The first-order valence-corrected chi connectivity index (χ1v) is 14.3. The van der Waals surface area contributed by atoms with E-state index in [1.54, 1.807) is 11.1 Å². The lowest BCUT2D eigenvalue weighted by Crippen LogP contribution is -2.25. The van der Waals surface area contributed by atoms with Gasteiger partial charge in [0.1, 0.15) is 17.7 Å². The number of rotatable bonds is 9. The van der Waals surface area contributed by atoms with E-state index in [0.717, 1.165) is 48.4 Å². The van der Waals surface area contributed by atoms with E-state index in [-0.39, 0.29) is 6.10 Å². The van der Waals surface area contributed by atoms with E-state index >= 15 is 0 Å². The molecule has 4 rings (SSSR count). The Morgan fingerprint density at radius 3 is 2.19 bits per heavy atom. The predicted molar refractivity (Wildman–Crippen MR) is 156 cm³/mol. The lowest BCUT2D eigenvalue weighted by atomic mass is 9.79. The standard InChI is InChI=1S/C32H41BrN2O/c1-21(2)29-15-11-25(31(22(3)4)32(29)23(5)6)10-7-24-8-13-27(14-9-24)36-28-17-18-35(20-28)30-16-12-26(33)19-34-30/h8-9,11-16,19,21-23,28H,7,10,17-18,20H2,1-6H3/t28-/m0/s1. The number of hydrogen-bond donors (Lipinski definition) is 0. The molecule has 1 aromatic heterocycles. The Balaban J connectivity index is 1.39. The van der Waals surface area contributed by atoms with Crippen LogP contribution in [0.3, 0.4) is 0 Å². The summed E-state index contributed by atoms with van der Waals surface area (Å²) in [6.45, 7) is 15.9. The van der Waals surface area contributed by atoms with Gasteiger partial charge in [0.2, 0.25) is 0 Å². The zero-order valence-corrected chi connectivity index (χ0v) is 24.3. The first kappa shape index (κ1) is 26.7. The van der Waals surface area contributed by atoms with Crippen molar-refractivity contribution in [2.45, 2.75) is 84.7 Å². The summed E-state index contributed by atoms with van der Waals surface area (Å²) in [4.78, 5) is 6.83. The zero-order valence-electron chi connectivity index (χ0n) is 22.7. The molecule has 1 atom stereocenters. The molecule has 0 radical (unpaired) electrons. The fourth-order valence-corrected chi connectivity index (χ4v) is 5.77. The fraction of sp³-hybridized carbons (Fsp3) is 0.469. The Labute approximate surface area is 226 Å².